The molecule has 164 valence electrons. The molecule has 0 aliphatic carbocycles. The second-order valence-electron chi connectivity index (χ2n) is 6.27. The van der Waals surface area contributed by atoms with Crippen molar-refractivity contribution in [3.8, 4) is 11.5 Å². The fraction of sp³-hybridized carbons (Fsp3) is 0.364. The molecule has 4 N–H and O–H groups in total. The summed E-state index contributed by atoms with van der Waals surface area (Å²) in [5, 5.41) is 35.3. The SMILES string of the molecule is CCOc1ccc(CC(O)C(=O)O)cc1.CCOc1ccc(CC(O)C(=O)O)cc1. The second kappa shape index (κ2) is 13.2. The van der Waals surface area contributed by atoms with Crippen LogP contribution in [0.3, 0.4) is 0 Å². The molecular weight excluding hydrogens is 392 g/mol. The number of rotatable bonds is 10. The fourth-order valence-corrected chi connectivity index (χ4v) is 2.40. The summed E-state index contributed by atoms with van der Waals surface area (Å²) in [6.45, 7) is 4.97. The van der Waals surface area contributed by atoms with Crippen LogP contribution in [-0.2, 0) is 22.4 Å². The third-order valence-electron chi connectivity index (χ3n) is 3.90. The van der Waals surface area contributed by atoms with Crippen LogP contribution >= 0.6 is 0 Å². The summed E-state index contributed by atoms with van der Waals surface area (Å²) in [5.74, 6) is -0.926. The van der Waals surface area contributed by atoms with E-state index in [1.54, 1.807) is 48.5 Å². The van der Waals surface area contributed by atoms with Crippen LogP contribution < -0.4 is 9.47 Å². The zero-order valence-electron chi connectivity index (χ0n) is 17.0. The Balaban J connectivity index is 0.000000300. The molecule has 0 fully saturated rings. The number of benzene rings is 2. The van der Waals surface area contributed by atoms with E-state index in [0.717, 1.165) is 22.6 Å². The Labute approximate surface area is 175 Å². The topological polar surface area (TPSA) is 134 Å². The first-order valence-electron chi connectivity index (χ1n) is 9.52. The largest absolute Gasteiger partial charge is 0.494 e. The molecule has 30 heavy (non-hydrogen) atoms. The van der Waals surface area contributed by atoms with E-state index in [1.807, 2.05) is 13.8 Å². The van der Waals surface area contributed by atoms with Gasteiger partial charge in [0, 0.05) is 12.8 Å². The summed E-state index contributed by atoms with van der Waals surface area (Å²) in [6.07, 6.45) is -2.46. The van der Waals surface area contributed by atoms with Crippen molar-refractivity contribution >= 4 is 11.9 Å². The molecule has 0 heterocycles. The second-order valence-corrected chi connectivity index (χ2v) is 6.27. The third-order valence-corrected chi connectivity index (χ3v) is 3.90. The number of aliphatic carboxylic acids is 2. The molecule has 8 heteroatoms. The lowest BCUT2D eigenvalue weighted by Gasteiger charge is -2.07. The maximum atomic E-state index is 10.4. The average Bonchev–Trinajstić information content (AvgIpc) is 2.71. The Morgan fingerprint density at radius 2 is 1.00 bits per heavy atom. The highest BCUT2D eigenvalue weighted by Gasteiger charge is 2.14. The first kappa shape index (κ1) is 24.9. The number of hydrogen-bond donors (Lipinski definition) is 4. The molecule has 0 saturated heterocycles. The number of aliphatic hydroxyl groups is 2. The van der Waals surface area contributed by atoms with E-state index in [0.29, 0.717) is 13.2 Å². The van der Waals surface area contributed by atoms with Crippen LogP contribution in [0.5, 0.6) is 11.5 Å². The van der Waals surface area contributed by atoms with Gasteiger partial charge in [-0.05, 0) is 49.2 Å². The Bertz CT molecular complexity index is 703. The Kier molecular flexibility index (Phi) is 11.0. The molecule has 8 nitrogen and oxygen atoms in total. The van der Waals surface area contributed by atoms with Crippen molar-refractivity contribution in [1.29, 1.82) is 0 Å². The van der Waals surface area contributed by atoms with Gasteiger partial charge in [0.25, 0.3) is 0 Å². The van der Waals surface area contributed by atoms with Gasteiger partial charge in [0.05, 0.1) is 13.2 Å². The predicted octanol–water partition coefficient (Wildman–Crippen LogP) is 2.15. The summed E-state index contributed by atoms with van der Waals surface area (Å²) in [7, 11) is 0. The van der Waals surface area contributed by atoms with Crippen molar-refractivity contribution in [2.24, 2.45) is 0 Å². The summed E-state index contributed by atoms with van der Waals surface area (Å²) in [5.41, 5.74) is 1.54. The van der Waals surface area contributed by atoms with Gasteiger partial charge >= 0.3 is 11.9 Å². The fourth-order valence-electron chi connectivity index (χ4n) is 2.40. The van der Waals surface area contributed by atoms with E-state index in [9.17, 15) is 9.59 Å². The molecule has 0 saturated carbocycles. The number of aliphatic hydroxyl groups excluding tert-OH is 2. The molecule has 2 atom stereocenters. The highest BCUT2D eigenvalue weighted by atomic mass is 16.5. The molecular formula is C22H28O8. The monoisotopic (exact) mass is 420 g/mol. The molecule has 2 aromatic carbocycles. The number of ether oxygens (including phenoxy) is 2. The van der Waals surface area contributed by atoms with Crippen molar-refractivity contribution in [1.82, 2.24) is 0 Å². The van der Waals surface area contributed by atoms with Gasteiger partial charge in [-0.3, -0.25) is 0 Å². The zero-order chi connectivity index (χ0) is 22.5. The van der Waals surface area contributed by atoms with Crippen molar-refractivity contribution in [3.05, 3.63) is 59.7 Å². The molecule has 0 radical (unpaired) electrons. The lowest BCUT2D eigenvalue weighted by molar-refractivity contribution is -0.147. The van der Waals surface area contributed by atoms with Crippen molar-refractivity contribution < 1.29 is 39.5 Å². The number of hydrogen-bond acceptors (Lipinski definition) is 6. The highest BCUT2D eigenvalue weighted by molar-refractivity contribution is 5.72. The standard InChI is InChI=1S/2C11H14O4/c2*1-2-15-9-5-3-8(4-6-9)7-10(12)11(13)14/h2*3-6,10,12H,2,7H2,1H3,(H,13,14). The third kappa shape index (κ3) is 9.40. The van der Waals surface area contributed by atoms with E-state index < -0.39 is 24.1 Å². The van der Waals surface area contributed by atoms with Crippen molar-refractivity contribution in [2.45, 2.75) is 38.9 Å². The zero-order valence-corrected chi connectivity index (χ0v) is 17.0. The summed E-state index contributed by atoms with van der Waals surface area (Å²) in [6, 6.07) is 14.0. The van der Waals surface area contributed by atoms with Crippen LogP contribution in [0.4, 0.5) is 0 Å². The predicted molar refractivity (Wildman–Crippen MR) is 110 cm³/mol. The lowest BCUT2D eigenvalue weighted by Crippen LogP contribution is -2.21. The summed E-state index contributed by atoms with van der Waals surface area (Å²) < 4.78 is 10.5. The molecule has 0 aliphatic heterocycles. The van der Waals surface area contributed by atoms with E-state index in [2.05, 4.69) is 0 Å². The van der Waals surface area contributed by atoms with Gasteiger partial charge < -0.3 is 29.9 Å². The maximum Gasteiger partial charge on any atom is 0.332 e. The normalized spacial score (nSPS) is 12.1. The Morgan fingerprint density at radius 3 is 1.23 bits per heavy atom. The van der Waals surface area contributed by atoms with Gasteiger partial charge in [0.2, 0.25) is 0 Å². The molecule has 0 aromatic heterocycles. The number of carbonyl (C=O) groups is 2. The summed E-state index contributed by atoms with van der Waals surface area (Å²) >= 11 is 0. The minimum absolute atomic E-state index is 0.113. The van der Waals surface area contributed by atoms with E-state index in [-0.39, 0.29) is 12.8 Å². The van der Waals surface area contributed by atoms with Gasteiger partial charge in [-0.25, -0.2) is 9.59 Å². The van der Waals surface area contributed by atoms with Gasteiger partial charge in [-0.2, -0.15) is 0 Å². The summed E-state index contributed by atoms with van der Waals surface area (Å²) in [4.78, 5) is 20.8. The number of carboxylic acid groups (broad SMARTS) is 2. The minimum atomic E-state index is -1.34. The van der Waals surface area contributed by atoms with Gasteiger partial charge in [0.1, 0.15) is 11.5 Å². The van der Waals surface area contributed by atoms with Crippen LogP contribution in [0.25, 0.3) is 0 Å². The first-order valence-corrected chi connectivity index (χ1v) is 9.52. The van der Waals surface area contributed by atoms with Crippen molar-refractivity contribution in [2.75, 3.05) is 13.2 Å². The van der Waals surface area contributed by atoms with Gasteiger partial charge in [-0.15, -0.1) is 0 Å². The van der Waals surface area contributed by atoms with E-state index in [4.69, 9.17) is 29.9 Å². The quantitative estimate of drug-likeness (QED) is 0.459. The Morgan fingerprint density at radius 1 is 0.700 bits per heavy atom. The number of carboxylic acids is 2. The molecule has 0 amide bonds. The molecule has 0 spiro atoms. The molecule has 2 unspecified atom stereocenters. The van der Waals surface area contributed by atoms with E-state index in [1.165, 1.54) is 0 Å². The molecule has 2 aromatic rings. The van der Waals surface area contributed by atoms with Crippen LogP contribution in [0, 0.1) is 0 Å². The van der Waals surface area contributed by atoms with Crippen LogP contribution in [0.2, 0.25) is 0 Å². The maximum absolute atomic E-state index is 10.4. The van der Waals surface area contributed by atoms with Crippen molar-refractivity contribution in [3.63, 3.8) is 0 Å². The average molecular weight is 420 g/mol. The molecule has 2 rings (SSSR count). The van der Waals surface area contributed by atoms with Crippen LogP contribution in [0.1, 0.15) is 25.0 Å². The van der Waals surface area contributed by atoms with Crippen LogP contribution in [-0.4, -0.2) is 57.8 Å². The highest BCUT2D eigenvalue weighted by Crippen LogP contribution is 2.14. The first-order chi connectivity index (χ1) is 14.3. The minimum Gasteiger partial charge on any atom is -0.494 e. The van der Waals surface area contributed by atoms with E-state index >= 15 is 0 Å². The van der Waals surface area contributed by atoms with Crippen LogP contribution in [0.15, 0.2) is 48.5 Å². The smallest absolute Gasteiger partial charge is 0.332 e. The van der Waals surface area contributed by atoms with Gasteiger partial charge in [0.15, 0.2) is 12.2 Å². The van der Waals surface area contributed by atoms with Gasteiger partial charge in [-0.1, -0.05) is 24.3 Å². The molecule has 0 bridgehead atoms. The lowest BCUT2D eigenvalue weighted by atomic mass is 10.1. The Hall–Kier alpha value is -3.10. The molecule has 0 aliphatic rings.